The first kappa shape index (κ1) is 16.7. The van der Waals surface area contributed by atoms with E-state index >= 15 is 0 Å². The number of hydrogen-bond acceptors (Lipinski definition) is 5. The SMILES string of the molecule is Cc1ccc2cccc(OC(=O)Nc3ccc([N+](=O)[O-])cc3Cl)c2n1. The Kier molecular flexibility index (Phi) is 4.49. The Morgan fingerprint density at radius 1 is 1.24 bits per heavy atom. The molecule has 1 amide bonds. The first-order valence-corrected chi connectivity index (χ1v) is 7.61. The summed E-state index contributed by atoms with van der Waals surface area (Å²) < 4.78 is 5.31. The summed E-state index contributed by atoms with van der Waals surface area (Å²) in [7, 11) is 0. The molecule has 2 aromatic carbocycles. The van der Waals surface area contributed by atoms with Crippen LogP contribution in [0.3, 0.4) is 0 Å². The third-order valence-corrected chi connectivity index (χ3v) is 3.74. The third kappa shape index (κ3) is 3.67. The predicted molar refractivity (Wildman–Crippen MR) is 94.2 cm³/mol. The minimum absolute atomic E-state index is 0.0399. The number of para-hydroxylation sites is 1. The van der Waals surface area contributed by atoms with Crippen molar-refractivity contribution in [2.75, 3.05) is 5.32 Å². The molecule has 126 valence electrons. The van der Waals surface area contributed by atoms with Gasteiger partial charge in [-0.25, -0.2) is 9.78 Å². The second-order valence-corrected chi connectivity index (χ2v) is 5.62. The van der Waals surface area contributed by atoms with E-state index in [-0.39, 0.29) is 16.4 Å². The van der Waals surface area contributed by atoms with Gasteiger partial charge in [0.15, 0.2) is 5.75 Å². The molecular formula is C17H12ClN3O4. The van der Waals surface area contributed by atoms with Crippen LogP contribution in [0.5, 0.6) is 5.75 Å². The fourth-order valence-corrected chi connectivity index (χ4v) is 2.48. The van der Waals surface area contributed by atoms with Crippen LogP contribution in [0, 0.1) is 17.0 Å². The number of aryl methyl sites for hydroxylation is 1. The van der Waals surface area contributed by atoms with E-state index in [1.165, 1.54) is 12.1 Å². The molecular weight excluding hydrogens is 346 g/mol. The van der Waals surface area contributed by atoms with Crippen molar-refractivity contribution in [2.45, 2.75) is 6.92 Å². The van der Waals surface area contributed by atoms with Crippen molar-refractivity contribution in [3.63, 3.8) is 0 Å². The summed E-state index contributed by atoms with van der Waals surface area (Å²) in [4.78, 5) is 26.6. The van der Waals surface area contributed by atoms with E-state index in [1.807, 2.05) is 25.1 Å². The smallest absolute Gasteiger partial charge is 0.408 e. The standard InChI is InChI=1S/C17H12ClN3O4/c1-10-5-6-11-3-2-4-15(16(11)19-10)25-17(22)20-14-8-7-12(21(23)24)9-13(14)18/h2-9H,1H3,(H,20,22). The van der Waals surface area contributed by atoms with Crippen LogP contribution in [0.15, 0.2) is 48.5 Å². The van der Waals surface area contributed by atoms with Gasteiger partial charge in [0.1, 0.15) is 5.52 Å². The lowest BCUT2D eigenvalue weighted by Gasteiger charge is -2.10. The highest BCUT2D eigenvalue weighted by Crippen LogP contribution is 2.28. The Balaban J connectivity index is 1.82. The van der Waals surface area contributed by atoms with Crippen LogP contribution in [0.4, 0.5) is 16.2 Å². The van der Waals surface area contributed by atoms with Gasteiger partial charge in [-0.3, -0.25) is 15.4 Å². The zero-order valence-corrected chi connectivity index (χ0v) is 13.8. The highest BCUT2D eigenvalue weighted by Gasteiger charge is 2.14. The molecule has 1 N–H and O–H groups in total. The van der Waals surface area contributed by atoms with Crippen molar-refractivity contribution in [1.29, 1.82) is 0 Å². The molecule has 0 unspecified atom stereocenters. The topological polar surface area (TPSA) is 94.4 Å². The number of benzene rings is 2. The number of carbonyl (C=O) groups excluding carboxylic acids is 1. The number of rotatable bonds is 3. The lowest BCUT2D eigenvalue weighted by atomic mass is 10.2. The van der Waals surface area contributed by atoms with E-state index in [2.05, 4.69) is 10.3 Å². The number of nitro groups is 1. The molecule has 0 aliphatic rings. The number of pyridine rings is 1. The van der Waals surface area contributed by atoms with Crippen molar-refractivity contribution in [3.8, 4) is 5.75 Å². The Hall–Kier alpha value is -3.19. The summed E-state index contributed by atoms with van der Waals surface area (Å²) in [6, 6.07) is 12.7. The zero-order valence-electron chi connectivity index (χ0n) is 13.0. The number of hydrogen-bond donors (Lipinski definition) is 1. The number of ether oxygens (including phenoxy) is 1. The first-order chi connectivity index (χ1) is 11.9. The lowest BCUT2D eigenvalue weighted by Crippen LogP contribution is -2.17. The molecule has 0 aliphatic carbocycles. The van der Waals surface area contributed by atoms with Gasteiger partial charge in [-0.2, -0.15) is 0 Å². The highest BCUT2D eigenvalue weighted by atomic mass is 35.5. The molecule has 3 rings (SSSR count). The molecule has 0 saturated carbocycles. The quantitative estimate of drug-likeness (QED) is 0.540. The molecule has 0 bridgehead atoms. The molecule has 0 spiro atoms. The number of amides is 1. The van der Waals surface area contributed by atoms with Gasteiger partial charge in [0.25, 0.3) is 5.69 Å². The Bertz CT molecular complexity index is 991. The van der Waals surface area contributed by atoms with Gasteiger partial charge in [0.2, 0.25) is 0 Å². The predicted octanol–water partition coefficient (Wildman–Crippen LogP) is 4.72. The maximum atomic E-state index is 12.1. The van der Waals surface area contributed by atoms with E-state index in [4.69, 9.17) is 16.3 Å². The number of nitrogens with zero attached hydrogens (tertiary/aromatic N) is 2. The fraction of sp³-hybridized carbons (Fsp3) is 0.0588. The minimum Gasteiger partial charge on any atom is -0.408 e. The molecule has 25 heavy (non-hydrogen) atoms. The summed E-state index contributed by atoms with van der Waals surface area (Å²) in [6.45, 7) is 1.84. The average molecular weight is 358 g/mol. The van der Waals surface area contributed by atoms with E-state index in [0.717, 1.165) is 17.1 Å². The van der Waals surface area contributed by atoms with Crippen LogP contribution in [-0.4, -0.2) is 16.0 Å². The van der Waals surface area contributed by atoms with Gasteiger partial charge in [-0.1, -0.05) is 29.8 Å². The van der Waals surface area contributed by atoms with Crippen LogP contribution < -0.4 is 10.1 Å². The molecule has 0 fully saturated rings. The number of halogens is 1. The van der Waals surface area contributed by atoms with E-state index in [0.29, 0.717) is 11.3 Å². The van der Waals surface area contributed by atoms with Crippen LogP contribution in [-0.2, 0) is 0 Å². The second-order valence-electron chi connectivity index (χ2n) is 5.22. The number of anilines is 1. The summed E-state index contributed by atoms with van der Waals surface area (Å²) in [5.74, 6) is 0.303. The van der Waals surface area contributed by atoms with Gasteiger partial charge in [0, 0.05) is 23.2 Å². The maximum absolute atomic E-state index is 12.1. The number of fused-ring (bicyclic) bond motifs is 1. The van der Waals surface area contributed by atoms with Gasteiger partial charge >= 0.3 is 6.09 Å². The number of aromatic nitrogens is 1. The zero-order chi connectivity index (χ0) is 18.0. The van der Waals surface area contributed by atoms with Gasteiger partial charge in [0.05, 0.1) is 15.6 Å². The van der Waals surface area contributed by atoms with Crippen molar-refractivity contribution < 1.29 is 14.5 Å². The molecule has 0 atom stereocenters. The molecule has 0 saturated heterocycles. The van der Waals surface area contributed by atoms with Crippen LogP contribution in [0.1, 0.15) is 5.69 Å². The Labute approximate surface area is 147 Å². The van der Waals surface area contributed by atoms with E-state index in [9.17, 15) is 14.9 Å². The molecule has 1 heterocycles. The summed E-state index contributed by atoms with van der Waals surface area (Å²) >= 11 is 5.95. The normalized spacial score (nSPS) is 10.5. The molecule has 1 aromatic heterocycles. The third-order valence-electron chi connectivity index (χ3n) is 3.43. The Morgan fingerprint density at radius 2 is 2.04 bits per heavy atom. The number of nitrogens with one attached hydrogen (secondary N) is 1. The van der Waals surface area contributed by atoms with Crippen LogP contribution >= 0.6 is 11.6 Å². The summed E-state index contributed by atoms with van der Waals surface area (Å²) in [6.07, 6.45) is -0.772. The highest BCUT2D eigenvalue weighted by molar-refractivity contribution is 6.33. The molecule has 0 aliphatic heterocycles. The lowest BCUT2D eigenvalue weighted by molar-refractivity contribution is -0.384. The Morgan fingerprint density at radius 3 is 2.76 bits per heavy atom. The van der Waals surface area contributed by atoms with Crippen molar-refractivity contribution in [1.82, 2.24) is 4.98 Å². The fourth-order valence-electron chi connectivity index (χ4n) is 2.25. The van der Waals surface area contributed by atoms with E-state index in [1.54, 1.807) is 12.1 Å². The molecule has 0 radical (unpaired) electrons. The second kappa shape index (κ2) is 6.74. The van der Waals surface area contributed by atoms with Crippen molar-refractivity contribution in [2.24, 2.45) is 0 Å². The minimum atomic E-state index is -0.772. The molecule has 8 heteroatoms. The first-order valence-electron chi connectivity index (χ1n) is 7.23. The van der Waals surface area contributed by atoms with Gasteiger partial charge in [-0.05, 0) is 25.1 Å². The molecule has 3 aromatic rings. The maximum Gasteiger partial charge on any atom is 0.417 e. The largest absolute Gasteiger partial charge is 0.417 e. The average Bonchev–Trinajstić information content (AvgIpc) is 2.57. The number of nitro benzene ring substituents is 1. The number of carbonyl (C=O) groups is 1. The van der Waals surface area contributed by atoms with Crippen molar-refractivity contribution in [3.05, 3.63) is 69.4 Å². The summed E-state index contributed by atoms with van der Waals surface area (Å²) in [5, 5.41) is 14.0. The van der Waals surface area contributed by atoms with Crippen LogP contribution in [0.25, 0.3) is 10.9 Å². The van der Waals surface area contributed by atoms with Gasteiger partial charge < -0.3 is 4.74 Å². The van der Waals surface area contributed by atoms with Crippen LogP contribution in [0.2, 0.25) is 5.02 Å². The monoisotopic (exact) mass is 357 g/mol. The summed E-state index contributed by atoms with van der Waals surface area (Å²) in [5.41, 5.74) is 1.40. The van der Waals surface area contributed by atoms with E-state index < -0.39 is 11.0 Å². The molecule has 7 nitrogen and oxygen atoms in total. The van der Waals surface area contributed by atoms with Crippen molar-refractivity contribution >= 4 is 40.0 Å². The van der Waals surface area contributed by atoms with Gasteiger partial charge in [-0.15, -0.1) is 0 Å². The number of non-ortho nitro benzene ring substituents is 1.